The SMILES string of the molecule is CCN=c1cc2cc(NCC)cc(NCC)c2cn1O. The molecule has 0 bridgehead atoms. The number of hydrogen-bond donors (Lipinski definition) is 3. The molecule has 0 amide bonds. The molecule has 0 unspecified atom stereocenters. The number of aromatic nitrogens is 1. The van der Waals surface area contributed by atoms with E-state index in [1.54, 1.807) is 6.20 Å². The Morgan fingerprint density at radius 1 is 1.10 bits per heavy atom. The van der Waals surface area contributed by atoms with Gasteiger partial charge in [0.25, 0.3) is 0 Å². The van der Waals surface area contributed by atoms with E-state index < -0.39 is 0 Å². The van der Waals surface area contributed by atoms with Crippen LogP contribution < -0.4 is 16.1 Å². The second-order valence-corrected chi connectivity index (χ2v) is 4.54. The van der Waals surface area contributed by atoms with E-state index in [1.807, 2.05) is 13.0 Å². The number of fused-ring (bicyclic) bond motifs is 1. The highest BCUT2D eigenvalue weighted by Gasteiger charge is 2.06. The molecule has 108 valence electrons. The van der Waals surface area contributed by atoms with Gasteiger partial charge < -0.3 is 15.8 Å². The molecule has 1 heterocycles. The standard InChI is InChI=1S/C15H22N4O/c1-4-16-12-7-11-8-15(18-6-3)19(20)10-13(11)14(9-12)17-5-2/h7-10,16-17,20H,4-6H2,1-3H3. The zero-order valence-electron chi connectivity index (χ0n) is 12.3. The molecule has 1 aromatic carbocycles. The number of rotatable bonds is 5. The number of pyridine rings is 1. The van der Waals surface area contributed by atoms with Crippen molar-refractivity contribution in [3.63, 3.8) is 0 Å². The first kappa shape index (κ1) is 14.2. The molecule has 0 saturated heterocycles. The maximum absolute atomic E-state index is 9.98. The van der Waals surface area contributed by atoms with Crippen molar-refractivity contribution in [2.75, 3.05) is 30.3 Å². The van der Waals surface area contributed by atoms with E-state index in [0.717, 1.165) is 40.0 Å². The lowest BCUT2D eigenvalue weighted by molar-refractivity contribution is 0.173. The molecule has 0 fully saturated rings. The Hall–Kier alpha value is -2.17. The van der Waals surface area contributed by atoms with Crippen LogP contribution in [0.4, 0.5) is 11.4 Å². The van der Waals surface area contributed by atoms with Gasteiger partial charge in [0.2, 0.25) is 0 Å². The van der Waals surface area contributed by atoms with Crippen LogP contribution in [-0.4, -0.2) is 29.6 Å². The summed E-state index contributed by atoms with van der Waals surface area (Å²) >= 11 is 0. The molecule has 0 atom stereocenters. The average molecular weight is 274 g/mol. The lowest BCUT2D eigenvalue weighted by Gasteiger charge is -2.13. The summed E-state index contributed by atoms with van der Waals surface area (Å²) in [6.45, 7) is 8.41. The fourth-order valence-electron chi connectivity index (χ4n) is 2.26. The number of nitrogens with one attached hydrogen (secondary N) is 2. The Kier molecular flexibility index (Phi) is 4.50. The summed E-state index contributed by atoms with van der Waals surface area (Å²) in [6.07, 6.45) is 1.71. The summed E-state index contributed by atoms with van der Waals surface area (Å²) in [4.78, 5) is 4.28. The smallest absolute Gasteiger partial charge is 0.163 e. The van der Waals surface area contributed by atoms with E-state index in [4.69, 9.17) is 0 Å². The van der Waals surface area contributed by atoms with Crippen LogP contribution in [0, 0.1) is 0 Å². The van der Waals surface area contributed by atoms with Crippen LogP contribution in [0.1, 0.15) is 20.8 Å². The second kappa shape index (κ2) is 6.32. The third-order valence-corrected chi connectivity index (χ3v) is 3.05. The van der Waals surface area contributed by atoms with Gasteiger partial charge in [-0.2, -0.15) is 4.73 Å². The van der Waals surface area contributed by atoms with Crippen molar-refractivity contribution in [3.05, 3.63) is 29.9 Å². The van der Waals surface area contributed by atoms with Gasteiger partial charge in [0.15, 0.2) is 5.49 Å². The van der Waals surface area contributed by atoms with Gasteiger partial charge in [0.05, 0.1) is 6.20 Å². The molecule has 0 radical (unpaired) electrons. The number of hydrogen-bond acceptors (Lipinski definition) is 4. The van der Waals surface area contributed by atoms with Crippen LogP contribution in [0.25, 0.3) is 10.8 Å². The summed E-state index contributed by atoms with van der Waals surface area (Å²) < 4.78 is 1.08. The number of nitrogens with zero attached hydrogens (tertiary/aromatic N) is 2. The molecule has 2 rings (SSSR count). The monoisotopic (exact) mass is 274 g/mol. The van der Waals surface area contributed by atoms with Crippen LogP contribution in [0.15, 0.2) is 29.4 Å². The topological polar surface area (TPSA) is 61.6 Å². The van der Waals surface area contributed by atoms with E-state index in [0.29, 0.717) is 12.0 Å². The number of anilines is 2. The van der Waals surface area contributed by atoms with E-state index in [2.05, 4.69) is 41.6 Å². The molecule has 5 heteroatoms. The first-order valence-corrected chi connectivity index (χ1v) is 7.07. The zero-order chi connectivity index (χ0) is 14.5. The van der Waals surface area contributed by atoms with E-state index >= 15 is 0 Å². The molecule has 3 N–H and O–H groups in total. The highest BCUT2D eigenvalue weighted by Crippen LogP contribution is 2.27. The third kappa shape index (κ3) is 2.87. The third-order valence-electron chi connectivity index (χ3n) is 3.05. The molecule has 2 aromatic rings. The largest absolute Gasteiger partial charge is 0.427 e. The lowest BCUT2D eigenvalue weighted by Crippen LogP contribution is -2.18. The van der Waals surface area contributed by atoms with E-state index in [-0.39, 0.29) is 0 Å². The summed E-state index contributed by atoms with van der Waals surface area (Å²) in [5.74, 6) is 0. The minimum atomic E-state index is 0.566. The highest BCUT2D eigenvalue weighted by molar-refractivity contribution is 5.96. The quantitative estimate of drug-likeness (QED) is 0.735. The average Bonchev–Trinajstić information content (AvgIpc) is 2.41. The maximum atomic E-state index is 9.98. The van der Waals surface area contributed by atoms with E-state index in [1.165, 1.54) is 0 Å². The molecule has 1 aromatic heterocycles. The molecule has 0 saturated carbocycles. The van der Waals surface area contributed by atoms with Crippen molar-refractivity contribution in [3.8, 4) is 0 Å². The molecule has 20 heavy (non-hydrogen) atoms. The van der Waals surface area contributed by atoms with Gasteiger partial charge in [-0.3, -0.25) is 4.99 Å². The first-order valence-electron chi connectivity index (χ1n) is 7.07. The fourth-order valence-corrected chi connectivity index (χ4v) is 2.26. The van der Waals surface area contributed by atoms with Gasteiger partial charge in [-0.05, 0) is 44.4 Å². The molecule has 0 aliphatic heterocycles. The van der Waals surface area contributed by atoms with Crippen LogP contribution in [0.5, 0.6) is 0 Å². The molecular formula is C15H22N4O. The minimum absolute atomic E-state index is 0.566. The Bertz CT molecular complexity index is 661. The van der Waals surface area contributed by atoms with Crippen molar-refractivity contribution >= 4 is 22.1 Å². The van der Waals surface area contributed by atoms with Crippen molar-refractivity contribution in [2.45, 2.75) is 20.8 Å². The highest BCUT2D eigenvalue weighted by atomic mass is 16.5. The summed E-state index contributed by atoms with van der Waals surface area (Å²) in [5, 5.41) is 18.7. The first-order chi connectivity index (χ1) is 9.69. The predicted molar refractivity (Wildman–Crippen MR) is 83.6 cm³/mol. The van der Waals surface area contributed by atoms with Crippen LogP contribution >= 0.6 is 0 Å². The Morgan fingerprint density at radius 3 is 2.50 bits per heavy atom. The summed E-state index contributed by atoms with van der Waals surface area (Å²) in [7, 11) is 0. The predicted octanol–water partition coefficient (Wildman–Crippen LogP) is 2.66. The summed E-state index contributed by atoms with van der Waals surface area (Å²) in [5.41, 5.74) is 2.64. The minimum Gasteiger partial charge on any atom is -0.427 e. The van der Waals surface area contributed by atoms with Gasteiger partial charge in [-0.1, -0.05) is 0 Å². The maximum Gasteiger partial charge on any atom is 0.163 e. The van der Waals surface area contributed by atoms with Crippen LogP contribution in [0.2, 0.25) is 0 Å². The molecule has 0 aliphatic carbocycles. The second-order valence-electron chi connectivity index (χ2n) is 4.54. The Balaban J connectivity index is 2.69. The van der Waals surface area contributed by atoms with Crippen LogP contribution in [-0.2, 0) is 0 Å². The van der Waals surface area contributed by atoms with E-state index in [9.17, 15) is 5.21 Å². The van der Waals surface area contributed by atoms with Crippen LogP contribution in [0.3, 0.4) is 0 Å². The Labute approximate surface area is 118 Å². The fraction of sp³-hybridized carbons (Fsp3) is 0.400. The molecule has 5 nitrogen and oxygen atoms in total. The lowest BCUT2D eigenvalue weighted by atomic mass is 10.1. The normalized spacial score (nSPS) is 11.8. The van der Waals surface area contributed by atoms with Crippen molar-refractivity contribution in [1.82, 2.24) is 4.73 Å². The van der Waals surface area contributed by atoms with Gasteiger partial charge in [0, 0.05) is 36.4 Å². The van der Waals surface area contributed by atoms with Crippen molar-refractivity contribution in [2.24, 2.45) is 4.99 Å². The number of benzene rings is 1. The van der Waals surface area contributed by atoms with Gasteiger partial charge in [-0.15, -0.1) is 0 Å². The summed E-state index contributed by atoms with van der Waals surface area (Å²) in [6, 6.07) is 6.04. The van der Waals surface area contributed by atoms with Crippen molar-refractivity contribution < 1.29 is 5.21 Å². The van der Waals surface area contributed by atoms with Crippen molar-refractivity contribution in [1.29, 1.82) is 0 Å². The van der Waals surface area contributed by atoms with Gasteiger partial charge in [0.1, 0.15) is 0 Å². The Morgan fingerprint density at radius 2 is 1.85 bits per heavy atom. The zero-order valence-corrected chi connectivity index (χ0v) is 12.3. The molecule has 0 spiro atoms. The van der Waals surface area contributed by atoms with Gasteiger partial charge in [-0.25, -0.2) is 0 Å². The van der Waals surface area contributed by atoms with Gasteiger partial charge >= 0.3 is 0 Å². The molecular weight excluding hydrogens is 252 g/mol. The molecule has 0 aliphatic rings.